The molecule has 7 nitrogen and oxygen atoms in total. The molecule has 0 bridgehead atoms. The van der Waals surface area contributed by atoms with Crippen LogP contribution in [0.5, 0.6) is 28.7 Å². The Morgan fingerprint density at radius 3 is 2.33 bits per heavy atom. The van der Waals surface area contributed by atoms with Gasteiger partial charge in [-0.05, 0) is 53.8 Å². The molecule has 30 heavy (non-hydrogen) atoms. The van der Waals surface area contributed by atoms with Crippen molar-refractivity contribution in [2.75, 3.05) is 40.3 Å². The number of benzene rings is 2. The van der Waals surface area contributed by atoms with Crippen molar-refractivity contribution in [3.8, 4) is 28.7 Å². The smallest absolute Gasteiger partial charge is 0.417 e. The average molecular weight is 454 g/mol. The molecule has 4 rings (SSSR count). The van der Waals surface area contributed by atoms with E-state index in [9.17, 15) is 4.21 Å². The second-order valence-electron chi connectivity index (χ2n) is 7.10. The maximum Gasteiger partial charge on any atom is 0.417 e. The molecule has 0 N–H and O–H groups in total. The number of hydrogen-bond donors (Lipinski definition) is 0. The molecule has 9 heteroatoms. The van der Waals surface area contributed by atoms with Crippen molar-refractivity contribution in [3.63, 3.8) is 0 Å². The summed E-state index contributed by atoms with van der Waals surface area (Å²) in [6.45, 7) is 1.63. The van der Waals surface area contributed by atoms with Crippen molar-refractivity contribution in [2.45, 2.75) is 18.9 Å². The van der Waals surface area contributed by atoms with E-state index in [0.29, 0.717) is 41.0 Å². The summed E-state index contributed by atoms with van der Waals surface area (Å²) in [5.41, 5.74) is 3.34. The van der Waals surface area contributed by atoms with Gasteiger partial charge in [-0.25, -0.2) is 0 Å². The van der Waals surface area contributed by atoms with Crippen LogP contribution in [0.1, 0.15) is 22.7 Å². The van der Waals surface area contributed by atoms with E-state index in [4.69, 9.17) is 34.2 Å². The highest BCUT2D eigenvalue weighted by Crippen LogP contribution is 2.44. The molecule has 0 fully saturated rings. The monoisotopic (exact) mass is 453 g/mol. The van der Waals surface area contributed by atoms with Crippen molar-refractivity contribution in [1.82, 2.24) is 4.90 Å². The topological polar surface area (TPSA) is 66.5 Å². The molecule has 2 aliphatic rings. The number of hydrogen-bond acceptors (Lipinski definition) is 7. The minimum atomic E-state index is -1.77. The standard InChI is InChI=1S/C21H24ClNO6S/c1-25-19-9-13(10-20(26-2)21(19)27-3)8-16-15-12-18-17(28-30(24)29-18)11-14(15)4-6-23(16)7-5-22/h9-12,16H,4-8H2,1-3H3. The number of nitrogens with zero attached hydrogens (tertiary/aromatic N) is 1. The van der Waals surface area contributed by atoms with Gasteiger partial charge in [0.2, 0.25) is 5.75 Å². The van der Waals surface area contributed by atoms with Crippen LogP contribution in [0.3, 0.4) is 0 Å². The van der Waals surface area contributed by atoms with Crippen LogP contribution < -0.4 is 22.6 Å². The SMILES string of the molecule is COc1cc(CC2c3cc4c(cc3CCN2CCCl)OS(=O)O4)cc(OC)c1OC. The molecule has 2 aliphatic heterocycles. The number of halogens is 1. The lowest BCUT2D eigenvalue weighted by molar-refractivity contribution is 0.194. The lowest BCUT2D eigenvalue weighted by atomic mass is 9.88. The molecule has 0 radical (unpaired) electrons. The van der Waals surface area contributed by atoms with Crippen molar-refractivity contribution >= 4 is 23.0 Å². The van der Waals surface area contributed by atoms with Crippen LogP contribution in [0.4, 0.5) is 0 Å². The third kappa shape index (κ3) is 3.91. The van der Waals surface area contributed by atoms with Crippen molar-refractivity contribution in [2.24, 2.45) is 0 Å². The average Bonchev–Trinajstić information content (AvgIpc) is 3.12. The first-order valence-electron chi connectivity index (χ1n) is 9.62. The Labute approximate surface area is 183 Å². The first-order valence-corrected chi connectivity index (χ1v) is 11.2. The number of alkyl halides is 1. The molecule has 2 heterocycles. The summed E-state index contributed by atoms with van der Waals surface area (Å²) >= 11 is 4.32. The highest BCUT2D eigenvalue weighted by molar-refractivity contribution is 7.76. The molecule has 0 amide bonds. The summed E-state index contributed by atoms with van der Waals surface area (Å²) in [5.74, 6) is 3.38. The number of ether oxygens (including phenoxy) is 3. The largest absolute Gasteiger partial charge is 0.493 e. The van der Waals surface area contributed by atoms with Gasteiger partial charge in [-0.2, -0.15) is 4.21 Å². The Kier molecular flexibility index (Phi) is 6.26. The highest BCUT2D eigenvalue weighted by atomic mass is 35.5. The molecule has 2 aromatic carbocycles. The van der Waals surface area contributed by atoms with Gasteiger partial charge in [0.25, 0.3) is 0 Å². The molecule has 0 saturated carbocycles. The Morgan fingerprint density at radius 1 is 1.07 bits per heavy atom. The minimum Gasteiger partial charge on any atom is -0.493 e. The summed E-state index contributed by atoms with van der Waals surface area (Å²) in [6, 6.07) is 7.89. The fourth-order valence-electron chi connectivity index (χ4n) is 4.15. The Balaban J connectivity index is 1.73. The van der Waals surface area contributed by atoms with Crippen LogP contribution in [0.15, 0.2) is 24.3 Å². The third-order valence-electron chi connectivity index (χ3n) is 5.51. The fourth-order valence-corrected chi connectivity index (χ4v) is 4.95. The van der Waals surface area contributed by atoms with E-state index in [1.807, 2.05) is 24.3 Å². The number of fused-ring (bicyclic) bond motifs is 2. The van der Waals surface area contributed by atoms with Gasteiger partial charge >= 0.3 is 11.4 Å². The Morgan fingerprint density at radius 2 is 1.73 bits per heavy atom. The summed E-state index contributed by atoms with van der Waals surface area (Å²) in [7, 11) is 4.81. The normalized spacial score (nSPS) is 20.0. The maximum atomic E-state index is 11.7. The van der Waals surface area contributed by atoms with Crippen LogP contribution >= 0.6 is 11.6 Å². The van der Waals surface area contributed by atoms with E-state index in [2.05, 4.69) is 4.90 Å². The van der Waals surface area contributed by atoms with E-state index < -0.39 is 11.4 Å². The second-order valence-corrected chi connectivity index (χ2v) is 8.22. The molecule has 2 aromatic rings. The van der Waals surface area contributed by atoms with Gasteiger partial charge in [0.1, 0.15) is 0 Å². The molecule has 0 aliphatic carbocycles. The van der Waals surface area contributed by atoms with Crippen LogP contribution in [0.2, 0.25) is 0 Å². The Bertz CT molecular complexity index is 944. The van der Waals surface area contributed by atoms with Crippen LogP contribution in [-0.4, -0.2) is 49.4 Å². The molecule has 2 atom stereocenters. The van der Waals surface area contributed by atoms with Crippen LogP contribution in [-0.2, 0) is 24.2 Å². The van der Waals surface area contributed by atoms with Gasteiger partial charge in [-0.3, -0.25) is 4.90 Å². The Hall–Kier alpha value is -2.16. The predicted molar refractivity (Wildman–Crippen MR) is 114 cm³/mol. The predicted octanol–water partition coefficient (Wildman–Crippen LogP) is 3.44. The summed E-state index contributed by atoms with van der Waals surface area (Å²) in [6.07, 6.45) is 1.57. The summed E-state index contributed by atoms with van der Waals surface area (Å²) in [4.78, 5) is 2.36. The minimum absolute atomic E-state index is 0.0678. The molecule has 162 valence electrons. The number of methoxy groups -OCH3 is 3. The van der Waals surface area contributed by atoms with E-state index in [1.54, 1.807) is 21.3 Å². The third-order valence-corrected chi connectivity index (χ3v) is 6.31. The van der Waals surface area contributed by atoms with E-state index in [-0.39, 0.29) is 6.04 Å². The molecule has 0 saturated heterocycles. The number of rotatable bonds is 7. The van der Waals surface area contributed by atoms with Crippen LogP contribution in [0.25, 0.3) is 0 Å². The fraction of sp³-hybridized carbons (Fsp3) is 0.429. The zero-order valence-corrected chi connectivity index (χ0v) is 18.7. The van der Waals surface area contributed by atoms with Crippen molar-refractivity contribution < 1.29 is 26.8 Å². The summed E-state index contributed by atoms with van der Waals surface area (Å²) < 4.78 is 38.7. The van der Waals surface area contributed by atoms with Gasteiger partial charge in [-0.15, -0.1) is 11.6 Å². The van der Waals surface area contributed by atoms with Gasteiger partial charge in [-0.1, -0.05) is 0 Å². The maximum absolute atomic E-state index is 11.7. The molecular weight excluding hydrogens is 430 g/mol. The van der Waals surface area contributed by atoms with Gasteiger partial charge in [0.15, 0.2) is 23.0 Å². The molecular formula is C21H24ClNO6S. The molecule has 2 unspecified atom stereocenters. The van der Waals surface area contributed by atoms with E-state index >= 15 is 0 Å². The van der Waals surface area contributed by atoms with Crippen LogP contribution in [0, 0.1) is 0 Å². The van der Waals surface area contributed by atoms with Gasteiger partial charge in [0.05, 0.1) is 21.3 Å². The quantitative estimate of drug-likeness (QED) is 0.595. The van der Waals surface area contributed by atoms with Gasteiger partial charge < -0.3 is 22.6 Å². The van der Waals surface area contributed by atoms with Crippen molar-refractivity contribution in [1.29, 1.82) is 0 Å². The van der Waals surface area contributed by atoms with Gasteiger partial charge in [0, 0.05) is 25.0 Å². The zero-order valence-electron chi connectivity index (χ0n) is 17.1. The van der Waals surface area contributed by atoms with E-state index in [0.717, 1.165) is 30.6 Å². The molecule has 0 aromatic heterocycles. The lowest BCUT2D eigenvalue weighted by Gasteiger charge is -2.37. The van der Waals surface area contributed by atoms with Crippen molar-refractivity contribution in [3.05, 3.63) is 41.0 Å². The van der Waals surface area contributed by atoms with E-state index in [1.165, 1.54) is 5.56 Å². The zero-order chi connectivity index (χ0) is 21.3. The highest BCUT2D eigenvalue weighted by Gasteiger charge is 2.32. The molecule has 0 spiro atoms. The summed E-state index contributed by atoms with van der Waals surface area (Å²) in [5, 5.41) is 0. The lowest BCUT2D eigenvalue weighted by Crippen LogP contribution is -2.37. The first-order chi connectivity index (χ1) is 14.6. The first kappa shape index (κ1) is 21.1. The second kappa shape index (κ2) is 8.91.